The number of methoxy groups -OCH3 is 1. The summed E-state index contributed by atoms with van der Waals surface area (Å²) in [6.45, 7) is 0. The van der Waals surface area contributed by atoms with Crippen LogP contribution in [0, 0.1) is 17.8 Å². The molecule has 2 rings (SSSR count). The van der Waals surface area contributed by atoms with Gasteiger partial charge in [-0.25, -0.2) is 0 Å². The fourth-order valence-corrected chi connectivity index (χ4v) is 2.40. The van der Waals surface area contributed by atoms with E-state index in [1.807, 2.05) is 0 Å². The summed E-state index contributed by atoms with van der Waals surface area (Å²) >= 11 is 0. The number of esters is 1. The van der Waals surface area contributed by atoms with Gasteiger partial charge in [0.1, 0.15) is 5.78 Å². The average molecular weight is 168 g/mol. The molecule has 0 aliphatic heterocycles. The molecule has 3 heteroatoms. The summed E-state index contributed by atoms with van der Waals surface area (Å²) < 4.78 is 4.65. The topological polar surface area (TPSA) is 43.4 Å². The molecule has 0 amide bonds. The highest BCUT2D eigenvalue weighted by Gasteiger charge is 2.52. The lowest BCUT2D eigenvalue weighted by Gasteiger charge is -2.36. The van der Waals surface area contributed by atoms with Crippen LogP contribution >= 0.6 is 0 Å². The summed E-state index contributed by atoms with van der Waals surface area (Å²) in [5, 5.41) is 0. The number of fused-ring (bicyclic) bond motifs is 1. The lowest BCUT2D eigenvalue weighted by molar-refractivity contribution is -0.154. The highest BCUT2D eigenvalue weighted by atomic mass is 16.5. The molecule has 2 aliphatic rings. The third kappa shape index (κ3) is 0.886. The Balaban J connectivity index is 2.01. The first-order valence-corrected chi connectivity index (χ1v) is 4.34. The molecule has 3 nitrogen and oxygen atoms in total. The predicted octanol–water partition coefficient (Wildman–Crippen LogP) is 0.775. The Morgan fingerprint density at radius 2 is 2.33 bits per heavy atom. The van der Waals surface area contributed by atoms with E-state index in [2.05, 4.69) is 4.74 Å². The smallest absolute Gasteiger partial charge is 0.308 e. The first-order chi connectivity index (χ1) is 5.74. The van der Waals surface area contributed by atoms with Crippen LogP contribution in [-0.4, -0.2) is 18.9 Å². The first-order valence-electron chi connectivity index (χ1n) is 4.34. The van der Waals surface area contributed by atoms with Crippen LogP contribution in [0.5, 0.6) is 0 Å². The van der Waals surface area contributed by atoms with Crippen molar-refractivity contribution in [3.05, 3.63) is 0 Å². The Hall–Kier alpha value is -0.860. The van der Waals surface area contributed by atoms with Gasteiger partial charge in [-0.1, -0.05) is 0 Å². The molecule has 2 saturated carbocycles. The molecule has 0 spiro atoms. The first kappa shape index (κ1) is 7.77. The monoisotopic (exact) mass is 168 g/mol. The Labute approximate surface area is 71.1 Å². The SMILES string of the molecule is COC(=O)[C@@H]1C[C@H]2C(=O)CC[C@H]21. The molecule has 2 aliphatic carbocycles. The Kier molecular flexibility index (Phi) is 1.67. The average Bonchev–Trinajstić information content (AvgIpc) is 2.27. The van der Waals surface area contributed by atoms with Gasteiger partial charge in [-0.15, -0.1) is 0 Å². The van der Waals surface area contributed by atoms with Crippen molar-refractivity contribution in [1.82, 2.24) is 0 Å². The molecule has 0 radical (unpaired) electrons. The molecule has 0 saturated heterocycles. The second kappa shape index (κ2) is 2.57. The second-order valence-electron chi connectivity index (χ2n) is 3.64. The molecular formula is C9H12O3. The van der Waals surface area contributed by atoms with E-state index in [1.165, 1.54) is 7.11 Å². The van der Waals surface area contributed by atoms with Gasteiger partial charge < -0.3 is 4.74 Å². The quantitative estimate of drug-likeness (QED) is 0.543. The van der Waals surface area contributed by atoms with Crippen LogP contribution in [0.4, 0.5) is 0 Å². The number of rotatable bonds is 1. The van der Waals surface area contributed by atoms with Crippen LogP contribution in [0.25, 0.3) is 0 Å². The molecule has 0 bridgehead atoms. The van der Waals surface area contributed by atoms with Crippen LogP contribution in [0.15, 0.2) is 0 Å². The van der Waals surface area contributed by atoms with Crippen molar-refractivity contribution >= 4 is 11.8 Å². The number of hydrogen-bond donors (Lipinski definition) is 0. The van der Waals surface area contributed by atoms with Crippen molar-refractivity contribution in [3.8, 4) is 0 Å². The van der Waals surface area contributed by atoms with E-state index in [1.54, 1.807) is 0 Å². The van der Waals surface area contributed by atoms with E-state index in [4.69, 9.17) is 0 Å². The van der Waals surface area contributed by atoms with Crippen molar-refractivity contribution in [3.63, 3.8) is 0 Å². The van der Waals surface area contributed by atoms with E-state index in [0.29, 0.717) is 18.1 Å². The van der Waals surface area contributed by atoms with Gasteiger partial charge in [-0.2, -0.15) is 0 Å². The van der Waals surface area contributed by atoms with E-state index < -0.39 is 0 Å². The van der Waals surface area contributed by atoms with Gasteiger partial charge in [0.2, 0.25) is 0 Å². The van der Waals surface area contributed by atoms with E-state index in [-0.39, 0.29) is 17.8 Å². The predicted molar refractivity (Wildman–Crippen MR) is 41.3 cm³/mol. The number of ketones is 1. The number of hydrogen-bond acceptors (Lipinski definition) is 3. The maximum Gasteiger partial charge on any atom is 0.308 e. The fourth-order valence-electron chi connectivity index (χ4n) is 2.40. The number of carbonyl (C=O) groups excluding carboxylic acids is 2. The van der Waals surface area contributed by atoms with Crippen LogP contribution in [0.1, 0.15) is 19.3 Å². The van der Waals surface area contributed by atoms with Crippen LogP contribution < -0.4 is 0 Å². The lowest BCUT2D eigenvalue weighted by atomic mass is 9.66. The lowest BCUT2D eigenvalue weighted by Crippen LogP contribution is -2.41. The molecule has 66 valence electrons. The Morgan fingerprint density at radius 3 is 2.92 bits per heavy atom. The molecular weight excluding hydrogens is 156 g/mol. The van der Waals surface area contributed by atoms with E-state index in [9.17, 15) is 9.59 Å². The van der Waals surface area contributed by atoms with Crippen molar-refractivity contribution in [2.75, 3.05) is 7.11 Å². The van der Waals surface area contributed by atoms with Crippen LogP contribution in [0.3, 0.4) is 0 Å². The highest BCUT2D eigenvalue weighted by Crippen LogP contribution is 2.49. The number of ether oxygens (including phenoxy) is 1. The highest BCUT2D eigenvalue weighted by molar-refractivity contribution is 5.88. The van der Waals surface area contributed by atoms with Gasteiger partial charge >= 0.3 is 5.97 Å². The summed E-state index contributed by atoms with van der Waals surface area (Å²) in [6.07, 6.45) is 2.29. The van der Waals surface area contributed by atoms with Gasteiger partial charge in [0, 0.05) is 12.3 Å². The molecule has 0 aromatic heterocycles. The Morgan fingerprint density at radius 1 is 1.58 bits per heavy atom. The zero-order chi connectivity index (χ0) is 8.72. The molecule has 0 N–H and O–H groups in total. The normalized spacial score (nSPS) is 38.8. The van der Waals surface area contributed by atoms with E-state index >= 15 is 0 Å². The molecule has 0 aromatic carbocycles. The Bertz CT molecular complexity index is 234. The minimum atomic E-state index is -0.133. The van der Waals surface area contributed by atoms with Crippen molar-refractivity contribution in [1.29, 1.82) is 0 Å². The molecule has 2 fully saturated rings. The maximum atomic E-state index is 11.1. The molecule has 0 heterocycles. The van der Waals surface area contributed by atoms with Crippen molar-refractivity contribution < 1.29 is 14.3 Å². The summed E-state index contributed by atoms with van der Waals surface area (Å²) in [7, 11) is 1.41. The van der Waals surface area contributed by atoms with Crippen LogP contribution in [-0.2, 0) is 14.3 Å². The zero-order valence-corrected chi connectivity index (χ0v) is 7.08. The van der Waals surface area contributed by atoms with Crippen molar-refractivity contribution in [2.24, 2.45) is 17.8 Å². The minimum Gasteiger partial charge on any atom is -0.469 e. The molecule has 3 atom stereocenters. The maximum absolute atomic E-state index is 11.1. The summed E-state index contributed by atoms with van der Waals surface area (Å²) in [4.78, 5) is 22.2. The zero-order valence-electron chi connectivity index (χ0n) is 7.08. The number of carbonyl (C=O) groups is 2. The van der Waals surface area contributed by atoms with Gasteiger partial charge in [-0.3, -0.25) is 9.59 Å². The molecule has 0 unspecified atom stereocenters. The second-order valence-corrected chi connectivity index (χ2v) is 3.64. The number of Topliss-reactive ketones (excluding diaryl/α,β-unsaturated/α-hetero) is 1. The minimum absolute atomic E-state index is 0.0199. The molecule has 0 aromatic rings. The third-order valence-electron chi connectivity index (χ3n) is 3.18. The van der Waals surface area contributed by atoms with E-state index in [0.717, 1.165) is 12.8 Å². The summed E-state index contributed by atoms with van der Waals surface area (Å²) in [5.41, 5.74) is 0. The van der Waals surface area contributed by atoms with Gasteiger partial charge in [0.15, 0.2) is 0 Å². The molecule has 12 heavy (non-hydrogen) atoms. The summed E-state index contributed by atoms with van der Waals surface area (Å²) in [6, 6.07) is 0. The standard InChI is InChI=1S/C9H12O3/c1-12-9(11)7-4-6-5(7)2-3-8(6)10/h5-7H,2-4H2,1H3/t5-,6-,7-/m1/s1. The third-order valence-corrected chi connectivity index (χ3v) is 3.18. The van der Waals surface area contributed by atoms with Gasteiger partial charge in [0.05, 0.1) is 13.0 Å². The van der Waals surface area contributed by atoms with Crippen LogP contribution in [0.2, 0.25) is 0 Å². The van der Waals surface area contributed by atoms with Crippen molar-refractivity contribution in [2.45, 2.75) is 19.3 Å². The van der Waals surface area contributed by atoms with Gasteiger partial charge in [-0.05, 0) is 18.8 Å². The fraction of sp³-hybridized carbons (Fsp3) is 0.778. The largest absolute Gasteiger partial charge is 0.469 e. The van der Waals surface area contributed by atoms with Gasteiger partial charge in [0.25, 0.3) is 0 Å². The summed E-state index contributed by atoms with van der Waals surface area (Å²) in [5.74, 6) is 0.733.